The number of nitrogens with one attached hydrogen (secondary N) is 1. The number of thioether (sulfide) groups is 1. The number of hydrogen-bond acceptors (Lipinski definition) is 3. The molecule has 1 aromatic heterocycles. The first-order chi connectivity index (χ1) is 7.36. The van der Waals surface area contributed by atoms with Crippen molar-refractivity contribution >= 4 is 11.8 Å². The number of hydrogen-bond donors (Lipinski definition) is 1. The highest BCUT2D eigenvalue weighted by Gasteiger charge is 2.12. The molecule has 0 amide bonds. The molecule has 3 nitrogen and oxygen atoms in total. The molecule has 4 heteroatoms. The van der Waals surface area contributed by atoms with Crippen LogP contribution in [0, 0.1) is 0 Å². The zero-order valence-corrected chi connectivity index (χ0v) is 10.1. The largest absolute Gasteiger partial charge is 0.313 e. The molecule has 1 atom stereocenters. The Balaban J connectivity index is 1.68. The van der Waals surface area contributed by atoms with E-state index in [4.69, 9.17) is 0 Å². The van der Waals surface area contributed by atoms with E-state index in [-0.39, 0.29) is 0 Å². The minimum absolute atomic E-state index is 0.733. The summed E-state index contributed by atoms with van der Waals surface area (Å²) in [5.74, 6) is 2.63. The average Bonchev–Trinajstić information content (AvgIpc) is 2.66. The standard InChI is InChI=1S/C11H19N3S/c1-14-11(5-7-13-14)4-6-12-10-3-2-8-15-9-10/h5,7,10,12H,2-4,6,8-9H2,1H3. The molecular weight excluding hydrogens is 206 g/mol. The molecule has 0 aliphatic carbocycles. The van der Waals surface area contributed by atoms with Gasteiger partial charge < -0.3 is 5.32 Å². The number of rotatable bonds is 4. The summed E-state index contributed by atoms with van der Waals surface area (Å²) in [5, 5.41) is 7.79. The Kier molecular flexibility index (Phi) is 4.09. The lowest BCUT2D eigenvalue weighted by Crippen LogP contribution is -2.35. The van der Waals surface area contributed by atoms with Crippen molar-refractivity contribution in [2.75, 3.05) is 18.1 Å². The van der Waals surface area contributed by atoms with Gasteiger partial charge in [0.05, 0.1) is 0 Å². The molecule has 2 heterocycles. The fourth-order valence-corrected chi connectivity index (χ4v) is 3.06. The van der Waals surface area contributed by atoms with E-state index in [1.54, 1.807) is 0 Å². The molecule has 1 aliphatic heterocycles. The third kappa shape index (κ3) is 3.24. The first kappa shape index (κ1) is 11.0. The molecule has 1 fully saturated rings. The molecule has 0 bridgehead atoms. The normalized spacial score (nSPS) is 21.8. The van der Waals surface area contributed by atoms with Gasteiger partial charge in [-0.25, -0.2) is 0 Å². The van der Waals surface area contributed by atoms with Crippen molar-refractivity contribution in [1.82, 2.24) is 15.1 Å². The molecule has 84 valence electrons. The maximum Gasteiger partial charge on any atom is 0.0492 e. The van der Waals surface area contributed by atoms with E-state index in [9.17, 15) is 0 Å². The summed E-state index contributed by atoms with van der Waals surface area (Å²) >= 11 is 2.07. The smallest absolute Gasteiger partial charge is 0.0492 e. The zero-order chi connectivity index (χ0) is 10.5. The molecule has 2 rings (SSSR count). The van der Waals surface area contributed by atoms with E-state index in [1.165, 1.54) is 30.0 Å². The van der Waals surface area contributed by atoms with Crippen molar-refractivity contribution in [2.45, 2.75) is 25.3 Å². The molecule has 0 saturated carbocycles. The van der Waals surface area contributed by atoms with Crippen LogP contribution in [0.4, 0.5) is 0 Å². The van der Waals surface area contributed by atoms with Crippen LogP contribution in [0.3, 0.4) is 0 Å². The fraction of sp³-hybridized carbons (Fsp3) is 0.727. The van der Waals surface area contributed by atoms with Crippen molar-refractivity contribution in [3.8, 4) is 0 Å². The van der Waals surface area contributed by atoms with E-state index in [2.05, 4.69) is 28.2 Å². The second kappa shape index (κ2) is 5.56. The maximum atomic E-state index is 4.17. The predicted octanol–water partition coefficient (Wildman–Crippen LogP) is 1.45. The summed E-state index contributed by atoms with van der Waals surface area (Å²) in [5.41, 5.74) is 1.31. The Labute approximate surface area is 95.6 Å². The Hall–Kier alpha value is -0.480. The van der Waals surface area contributed by atoms with Crippen LogP contribution in [-0.2, 0) is 13.5 Å². The van der Waals surface area contributed by atoms with Crippen molar-refractivity contribution in [1.29, 1.82) is 0 Å². The van der Waals surface area contributed by atoms with Crippen molar-refractivity contribution < 1.29 is 0 Å². The fourth-order valence-electron chi connectivity index (χ4n) is 1.95. The second-order valence-electron chi connectivity index (χ2n) is 4.06. The molecular formula is C11H19N3S. The number of nitrogens with zero attached hydrogens (tertiary/aromatic N) is 2. The molecule has 1 aliphatic rings. The molecule has 0 aromatic carbocycles. The van der Waals surface area contributed by atoms with E-state index in [0.29, 0.717) is 0 Å². The van der Waals surface area contributed by atoms with E-state index in [0.717, 1.165) is 19.0 Å². The third-order valence-corrected chi connectivity index (χ3v) is 4.11. The van der Waals surface area contributed by atoms with Gasteiger partial charge in [0.2, 0.25) is 0 Å². The van der Waals surface area contributed by atoms with Gasteiger partial charge in [0.15, 0.2) is 0 Å². The highest BCUT2D eigenvalue weighted by molar-refractivity contribution is 7.99. The van der Waals surface area contributed by atoms with Gasteiger partial charge in [-0.05, 0) is 24.7 Å². The Morgan fingerprint density at radius 1 is 1.67 bits per heavy atom. The molecule has 1 saturated heterocycles. The first-order valence-corrected chi connectivity index (χ1v) is 6.80. The highest BCUT2D eigenvalue weighted by Crippen LogP contribution is 2.16. The highest BCUT2D eigenvalue weighted by atomic mass is 32.2. The summed E-state index contributed by atoms with van der Waals surface area (Å²) in [4.78, 5) is 0. The summed E-state index contributed by atoms with van der Waals surface area (Å²) in [7, 11) is 2.01. The minimum Gasteiger partial charge on any atom is -0.313 e. The molecule has 0 radical (unpaired) electrons. The van der Waals surface area contributed by atoms with Crippen LogP contribution in [-0.4, -0.2) is 33.9 Å². The molecule has 0 spiro atoms. The van der Waals surface area contributed by atoms with Crippen LogP contribution in [0.2, 0.25) is 0 Å². The van der Waals surface area contributed by atoms with E-state index in [1.807, 2.05) is 17.9 Å². The SMILES string of the molecule is Cn1nccc1CCNC1CCCSC1. The number of aromatic nitrogens is 2. The molecule has 1 aromatic rings. The third-order valence-electron chi connectivity index (χ3n) is 2.90. The quantitative estimate of drug-likeness (QED) is 0.841. The van der Waals surface area contributed by atoms with Crippen LogP contribution in [0.15, 0.2) is 12.3 Å². The van der Waals surface area contributed by atoms with Crippen LogP contribution in [0.1, 0.15) is 18.5 Å². The zero-order valence-electron chi connectivity index (χ0n) is 9.28. The lowest BCUT2D eigenvalue weighted by atomic mass is 10.2. The summed E-state index contributed by atoms with van der Waals surface area (Å²) in [6, 6.07) is 2.83. The topological polar surface area (TPSA) is 29.9 Å². The lowest BCUT2D eigenvalue weighted by molar-refractivity contribution is 0.506. The maximum absolute atomic E-state index is 4.17. The van der Waals surface area contributed by atoms with Crippen LogP contribution in [0.5, 0.6) is 0 Å². The van der Waals surface area contributed by atoms with E-state index >= 15 is 0 Å². The summed E-state index contributed by atoms with van der Waals surface area (Å²) in [6.45, 7) is 1.07. The van der Waals surface area contributed by atoms with Gasteiger partial charge in [0.1, 0.15) is 0 Å². The molecule has 1 unspecified atom stereocenters. The molecule has 1 N–H and O–H groups in total. The van der Waals surface area contributed by atoms with Crippen molar-refractivity contribution in [3.63, 3.8) is 0 Å². The lowest BCUT2D eigenvalue weighted by Gasteiger charge is -2.22. The number of aryl methyl sites for hydroxylation is 1. The van der Waals surface area contributed by atoms with Gasteiger partial charge in [0, 0.05) is 43.7 Å². The van der Waals surface area contributed by atoms with Gasteiger partial charge in [-0.15, -0.1) is 0 Å². The van der Waals surface area contributed by atoms with Crippen molar-refractivity contribution in [3.05, 3.63) is 18.0 Å². The van der Waals surface area contributed by atoms with Gasteiger partial charge in [0.25, 0.3) is 0 Å². The Bertz CT molecular complexity index is 292. The van der Waals surface area contributed by atoms with Crippen LogP contribution < -0.4 is 5.32 Å². The summed E-state index contributed by atoms with van der Waals surface area (Å²) < 4.78 is 1.96. The Morgan fingerprint density at radius 2 is 2.60 bits per heavy atom. The van der Waals surface area contributed by atoms with Gasteiger partial charge in [-0.3, -0.25) is 4.68 Å². The van der Waals surface area contributed by atoms with Crippen LogP contribution in [0.25, 0.3) is 0 Å². The predicted molar refractivity (Wildman–Crippen MR) is 65.3 cm³/mol. The van der Waals surface area contributed by atoms with Crippen molar-refractivity contribution in [2.24, 2.45) is 7.05 Å². The monoisotopic (exact) mass is 225 g/mol. The average molecular weight is 225 g/mol. The minimum atomic E-state index is 0.733. The first-order valence-electron chi connectivity index (χ1n) is 5.64. The van der Waals surface area contributed by atoms with Crippen LogP contribution >= 0.6 is 11.8 Å². The van der Waals surface area contributed by atoms with Gasteiger partial charge in [-0.1, -0.05) is 0 Å². The van der Waals surface area contributed by atoms with Gasteiger partial charge >= 0.3 is 0 Å². The molecule has 15 heavy (non-hydrogen) atoms. The Morgan fingerprint density at radius 3 is 3.27 bits per heavy atom. The van der Waals surface area contributed by atoms with Gasteiger partial charge in [-0.2, -0.15) is 16.9 Å². The van der Waals surface area contributed by atoms with E-state index < -0.39 is 0 Å². The summed E-state index contributed by atoms with van der Waals surface area (Å²) in [6.07, 6.45) is 5.66. The second-order valence-corrected chi connectivity index (χ2v) is 5.21.